The van der Waals surface area contributed by atoms with Crippen molar-refractivity contribution in [3.8, 4) is 5.75 Å². The van der Waals surface area contributed by atoms with Gasteiger partial charge in [0.1, 0.15) is 16.5 Å². The number of nitrogens with one attached hydrogen (secondary N) is 1. The number of amides is 1. The van der Waals surface area contributed by atoms with Gasteiger partial charge < -0.3 is 4.74 Å². The molecule has 7 heteroatoms. The Kier molecular flexibility index (Phi) is 4.87. The Labute approximate surface area is 125 Å². The SMILES string of the molecule is CC(C)c1nc(COc2ccccc2F)sc1C(=O)NN. The zero-order valence-electron chi connectivity index (χ0n) is 11.7. The Balaban J connectivity index is 2.18. The zero-order chi connectivity index (χ0) is 15.4. The number of benzene rings is 1. The lowest BCUT2D eigenvalue weighted by Crippen LogP contribution is -2.30. The van der Waals surface area contributed by atoms with Crippen LogP contribution < -0.4 is 16.0 Å². The van der Waals surface area contributed by atoms with Gasteiger partial charge in [0.15, 0.2) is 11.6 Å². The van der Waals surface area contributed by atoms with Gasteiger partial charge in [-0.15, -0.1) is 11.3 Å². The van der Waals surface area contributed by atoms with E-state index >= 15 is 0 Å². The summed E-state index contributed by atoms with van der Waals surface area (Å²) in [6.07, 6.45) is 0. The van der Waals surface area contributed by atoms with Gasteiger partial charge in [-0.2, -0.15) is 0 Å². The number of hydrogen-bond acceptors (Lipinski definition) is 5. The van der Waals surface area contributed by atoms with Crippen LogP contribution in [0.5, 0.6) is 5.75 Å². The van der Waals surface area contributed by atoms with Crippen molar-refractivity contribution in [3.63, 3.8) is 0 Å². The third kappa shape index (κ3) is 3.56. The van der Waals surface area contributed by atoms with Crippen LogP contribution in [0.1, 0.15) is 40.1 Å². The fourth-order valence-corrected chi connectivity index (χ4v) is 2.80. The van der Waals surface area contributed by atoms with E-state index < -0.39 is 5.82 Å². The van der Waals surface area contributed by atoms with Gasteiger partial charge in [0, 0.05) is 0 Å². The molecule has 0 saturated carbocycles. The lowest BCUT2D eigenvalue weighted by atomic mass is 10.1. The van der Waals surface area contributed by atoms with Gasteiger partial charge in [-0.1, -0.05) is 26.0 Å². The molecule has 112 valence electrons. The normalized spacial score (nSPS) is 10.7. The van der Waals surface area contributed by atoms with E-state index in [9.17, 15) is 9.18 Å². The van der Waals surface area contributed by atoms with Gasteiger partial charge in [-0.3, -0.25) is 10.2 Å². The molecule has 0 fully saturated rings. The molecule has 21 heavy (non-hydrogen) atoms. The molecule has 1 aromatic carbocycles. The van der Waals surface area contributed by atoms with Crippen LogP contribution in [0.3, 0.4) is 0 Å². The van der Waals surface area contributed by atoms with Crippen LogP contribution in [-0.2, 0) is 6.61 Å². The van der Waals surface area contributed by atoms with Crippen LogP contribution in [0.25, 0.3) is 0 Å². The van der Waals surface area contributed by atoms with E-state index in [1.54, 1.807) is 18.2 Å². The molecule has 3 N–H and O–H groups in total. The molecule has 0 saturated heterocycles. The lowest BCUT2D eigenvalue weighted by Gasteiger charge is -2.04. The van der Waals surface area contributed by atoms with Crippen LogP contribution in [0, 0.1) is 5.82 Å². The van der Waals surface area contributed by atoms with E-state index in [4.69, 9.17) is 10.6 Å². The third-order valence-corrected chi connectivity index (χ3v) is 3.81. The first-order valence-electron chi connectivity index (χ1n) is 6.40. The average molecular weight is 309 g/mol. The number of nitrogen functional groups attached to an aromatic ring is 1. The number of aromatic nitrogens is 1. The number of para-hydroxylation sites is 1. The third-order valence-electron chi connectivity index (χ3n) is 2.77. The van der Waals surface area contributed by atoms with Gasteiger partial charge in [0.2, 0.25) is 0 Å². The van der Waals surface area contributed by atoms with E-state index in [-0.39, 0.29) is 24.2 Å². The van der Waals surface area contributed by atoms with Gasteiger partial charge >= 0.3 is 0 Å². The predicted molar refractivity (Wildman–Crippen MR) is 78.6 cm³/mol. The molecule has 0 aliphatic carbocycles. The number of carbonyl (C=O) groups excluding carboxylic acids is 1. The molecule has 0 unspecified atom stereocenters. The Morgan fingerprint density at radius 2 is 2.19 bits per heavy atom. The first-order chi connectivity index (χ1) is 10.0. The Bertz CT molecular complexity index is 643. The molecule has 0 bridgehead atoms. The second kappa shape index (κ2) is 6.64. The second-order valence-electron chi connectivity index (χ2n) is 4.67. The minimum atomic E-state index is -0.432. The summed E-state index contributed by atoms with van der Waals surface area (Å²) in [6, 6.07) is 6.14. The lowest BCUT2D eigenvalue weighted by molar-refractivity contribution is 0.0956. The highest BCUT2D eigenvalue weighted by Crippen LogP contribution is 2.26. The Morgan fingerprint density at radius 1 is 1.48 bits per heavy atom. The summed E-state index contributed by atoms with van der Waals surface area (Å²) in [7, 11) is 0. The highest BCUT2D eigenvalue weighted by atomic mass is 32.1. The van der Waals surface area contributed by atoms with E-state index in [1.165, 1.54) is 17.4 Å². The minimum absolute atomic E-state index is 0.0794. The molecule has 0 atom stereocenters. The van der Waals surface area contributed by atoms with E-state index in [0.717, 1.165) is 0 Å². The number of halogens is 1. The molecule has 0 aliphatic rings. The molecule has 5 nitrogen and oxygen atoms in total. The number of nitrogens with zero attached hydrogens (tertiary/aromatic N) is 1. The van der Waals surface area contributed by atoms with Gasteiger partial charge in [-0.25, -0.2) is 15.2 Å². The Hall–Kier alpha value is -1.99. The van der Waals surface area contributed by atoms with E-state index in [0.29, 0.717) is 15.6 Å². The van der Waals surface area contributed by atoms with Gasteiger partial charge in [-0.05, 0) is 18.1 Å². The first kappa shape index (κ1) is 15.4. The van der Waals surface area contributed by atoms with Crippen molar-refractivity contribution in [2.45, 2.75) is 26.4 Å². The van der Waals surface area contributed by atoms with Crippen LogP contribution in [0.15, 0.2) is 24.3 Å². The maximum Gasteiger partial charge on any atom is 0.277 e. The number of ether oxygens (including phenoxy) is 1. The number of carbonyl (C=O) groups is 1. The Morgan fingerprint density at radius 3 is 2.81 bits per heavy atom. The molecule has 1 aromatic heterocycles. The number of thiazole rings is 1. The van der Waals surface area contributed by atoms with Crippen molar-refractivity contribution in [2.24, 2.45) is 5.84 Å². The molecular weight excluding hydrogens is 293 g/mol. The number of hydrogen-bond donors (Lipinski definition) is 2. The largest absolute Gasteiger partial charge is 0.483 e. The first-order valence-corrected chi connectivity index (χ1v) is 7.22. The topological polar surface area (TPSA) is 77.2 Å². The summed E-state index contributed by atoms with van der Waals surface area (Å²) in [4.78, 5) is 16.6. The fourth-order valence-electron chi connectivity index (χ4n) is 1.76. The van der Waals surface area contributed by atoms with Crippen LogP contribution >= 0.6 is 11.3 Å². The van der Waals surface area contributed by atoms with Crippen molar-refractivity contribution in [1.82, 2.24) is 10.4 Å². The highest BCUT2D eigenvalue weighted by molar-refractivity contribution is 7.13. The maximum absolute atomic E-state index is 13.5. The quantitative estimate of drug-likeness (QED) is 0.505. The average Bonchev–Trinajstić information content (AvgIpc) is 2.90. The van der Waals surface area contributed by atoms with Crippen molar-refractivity contribution in [2.75, 3.05) is 0 Å². The fraction of sp³-hybridized carbons (Fsp3) is 0.286. The molecular formula is C14H16FN3O2S. The molecule has 1 amide bonds. The summed E-state index contributed by atoms with van der Waals surface area (Å²) in [5.41, 5.74) is 2.77. The van der Waals surface area contributed by atoms with Crippen molar-refractivity contribution < 1.29 is 13.9 Å². The molecule has 0 radical (unpaired) electrons. The molecule has 1 heterocycles. The number of nitrogens with two attached hydrogens (primary N) is 1. The summed E-state index contributed by atoms with van der Waals surface area (Å²) in [5.74, 6) is 4.59. The summed E-state index contributed by atoms with van der Waals surface area (Å²) in [5, 5.41) is 0.598. The van der Waals surface area contributed by atoms with Crippen molar-refractivity contribution in [3.05, 3.63) is 45.7 Å². The van der Waals surface area contributed by atoms with Gasteiger partial charge in [0.25, 0.3) is 5.91 Å². The zero-order valence-corrected chi connectivity index (χ0v) is 12.5. The number of hydrazine groups is 1. The van der Waals surface area contributed by atoms with Crippen LogP contribution in [-0.4, -0.2) is 10.9 Å². The summed E-state index contributed by atoms with van der Waals surface area (Å²) < 4.78 is 18.9. The van der Waals surface area contributed by atoms with E-state index in [2.05, 4.69) is 10.4 Å². The molecule has 2 rings (SSSR count). The maximum atomic E-state index is 13.5. The summed E-state index contributed by atoms with van der Waals surface area (Å²) >= 11 is 1.20. The predicted octanol–water partition coefficient (Wildman–Crippen LogP) is 2.59. The standard InChI is InChI=1S/C14H16FN3O2S/c1-8(2)12-13(14(19)18-16)21-11(17-12)7-20-10-6-4-3-5-9(10)15/h3-6,8H,7,16H2,1-2H3,(H,18,19). The monoisotopic (exact) mass is 309 g/mol. The second-order valence-corrected chi connectivity index (χ2v) is 5.75. The van der Waals surface area contributed by atoms with Crippen LogP contribution in [0.2, 0.25) is 0 Å². The van der Waals surface area contributed by atoms with Gasteiger partial charge in [0.05, 0.1) is 5.69 Å². The van der Waals surface area contributed by atoms with Crippen molar-refractivity contribution >= 4 is 17.2 Å². The minimum Gasteiger partial charge on any atom is -0.483 e. The number of rotatable bonds is 5. The molecule has 0 spiro atoms. The van der Waals surface area contributed by atoms with Crippen molar-refractivity contribution in [1.29, 1.82) is 0 Å². The van der Waals surface area contributed by atoms with E-state index in [1.807, 2.05) is 13.8 Å². The highest BCUT2D eigenvalue weighted by Gasteiger charge is 2.20. The smallest absolute Gasteiger partial charge is 0.277 e. The molecule has 2 aromatic rings. The summed E-state index contributed by atoms with van der Waals surface area (Å²) in [6.45, 7) is 3.97. The van der Waals surface area contributed by atoms with Crippen LogP contribution in [0.4, 0.5) is 4.39 Å². The molecule has 0 aliphatic heterocycles.